The van der Waals surface area contributed by atoms with Gasteiger partial charge in [-0.3, -0.25) is 4.79 Å². The molecule has 0 aliphatic carbocycles. The summed E-state index contributed by atoms with van der Waals surface area (Å²) in [5, 5.41) is 0. The molecule has 0 spiro atoms. The zero-order chi connectivity index (χ0) is 14.9. The first-order valence-corrected chi connectivity index (χ1v) is 7.28. The Labute approximate surface area is 124 Å². The third kappa shape index (κ3) is 2.73. The fourth-order valence-corrected chi connectivity index (χ4v) is 2.92. The molecule has 1 aromatic rings. The van der Waals surface area contributed by atoms with Crippen LogP contribution in [0.2, 0.25) is 0 Å². The van der Waals surface area contributed by atoms with Gasteiger partial charge in [-0.15, -0.1) is 11.6 Å². The average molecular weight is 296 g/mol. The van der Waals surface area contributed by atoms with E-state index in [9.17, 15) is 9.18 Å². The van der Waals surface area contributed by atoms with Crippen molar-refractivity contribution in [3.63, 3.8) is 0 Å². The van der Waals surface area contributed by atoms with Crippen LogP contribution in [0.25, 0.3) is 5.57 Å². The highest BCUT2D eigenvalue weighted by Gasteiger charge is 2.35. The molecular formula is C16H19ClFNO. The van der Waals surface area contributed by atoms with Crippen molar-refractivity contribution >= 4 is 28.8 Å². The highest BCUT2D eigenvalue weighted by atomic mass is 35.5. The van der Waals surface area contributed by atoms with E-state index in [0.717, 1.165) is 16.8 Å². The number of carbonyl (C=O) groups is 1. The number of rotatable bonds is 3. The van der Waals surface area contributed by atoms with E-state index in [2.05, 4.69) is 0 Å². The molecule has 20 heavy (non-hydrogen) atoms. The van der Waals surface area contributed by atoms with Crippen LogP contribution in [0.1, 0.15) is 39.2 Å². The second-order valence-electron chi connectivity index (χ2n) is 5.66. The van der Waals surface area contributed by atoms with Gasteiger partial charge < -0.3 is 4.90 Å². The second-order valence-corrected chi connectivity index (χ2v) is 6.04. The first-order chi connectivity index (χ1) is 9.36. The predicted molar refractivity (Wildman–Crippen MR) is 81.6 cm³/mol. The van der Waals surface area contributed by atoms with Crippen molar-refractivity contribution < 1.29 is 9.18 Å². The smallest absolute Gasteiger partial charge is 0.227 e. The maximum Gasteiger partial charge on any atom is 0.227 e. The van der Waals surface area contributed by atoms with Crippen LogP contribution in [0.15, 0.2) is 24.3 Å². The van der Waals surface area contributed by atoms with Crippen molar-refractivity contribution in [2.24, 2.45) is 0 Å². The number of amides is 1. The summed E-state index contributed by atoms with van der Waals surface area (Å²) in [7, 11) is 0. The van der Waals surface area contributed by atoms with Crippen LogP contribution in [0.3, 0.4) is 0 Å². The number of carbonyl (C=O) groups excluding carboxylic acids is 1. The summed E-state index contributed by atoms with van der Waals surface area (Å²) in [5.74, 6) is 0.196. The van der Waals surface area contributed by atoms with E-state index in [0.29, 0.717) is 18.7 Å². The van der Waals surface area contributed by atoms with E-state index in [-0.39, 0.29) is 11.7 Å². The van der Waals surface area contributed by atoms with Gasteiger partial charge in [-0.25, -0.2) is 4.39 Å². The summed E-state index contributed by atoms with van der Waals surface area (Å²) in [4.78, 5) is 14.2. The topological polar surface area (TPSA) is 20.3 Å². The van der Waals surface area contributed by atoms with Crippen molar-refractivity contribution in [3.05, 3.63) is 35.7 Å². The van der Waals surface area contributed by atoms with Gasteiger partial charge in [-0.1, -0.05) is 6.08 Å². The van der Waals surface area contributed by atoms with E-state index in [4.69, 9.17) is 11.6 Å². The molecule has 2 rings (SSSR count). The van der Waals surface area contributed by atoms with Crippen LogP contribution < -0.4 is 4.90 Å². The van der Waals surface area contributed by atoms with E-state index in [1.54, 1.807) is 11.0 Å². The molecule has 1 aliphatic rings. The van der Waals surface area contributed by atoms with Gasteiger partial charge in [0.05, 0.1) is 11.2 Å². The number of hydrogen-bond acceptors (Lipinski definition) is 1. The van der Waals surface area contributed by atoms with Crippen molar-refractivity contribution in [1.29, 1.82) is 0 Å². The highest BCUT2D eigenvalue weighted by molar-refractivity contribution is 6.18. The first-order valence-electron chi connectivity index (χ1n) is 6.75. The number of nitrogens with zero attached hydrogens (tertiary/aromatic N) is 1. The minimum Gasteiger partial charge on any atom is -0.303 e. The number of alkyl halides is 1. The van der Waals surface area contributed by atoms with Crippen LogP contribution in [0, 0.1) is 5.82 Å². The van der Waals surface area contributed by atoms with E-state index in [1.165, 1.54) is 12.1 Å². The van der Waals surface area contributed by atoms with Crippen molar-refractivity contribution in [2.75, 3.05) is 10.8 Å². The zero-order valence-corrected chi connectivity index (χ0v) is 12.8. The summed E-state index contributed by atoms with van der Waals surface area (Å²) in [6, 6.07) is 4.56. The van der Waals surface area contributed by atoms with Crippen molar-refractivity contribution in [2.45, 2.75) is 39.2 Å². The van der Waals surface area contributed by atoms with Gasteiger partial charge >= 0.3 is 0 Å². The lowest BCUT2D eigenvalue weighted by Crippen LogP contribution is -2.49. The molecule has 1 aromatic carbocycles. The molecular weight excluding hydrogens is 277 g/mol. The van der Waals surface area contributed by atoms with Crippen molar-refractivity contribution in [3.8, 4) is 0 Å². The molecule has 1 amide bonds. The third-order valence-electron chi connectivity index (χ3n) is 3.54. The number of anilines is 1. The minimum absolute atomic E-state index is 0.0206. The van der Waals surface area contributed by atoms with Crippen LogP contribution in [0.4, 0.5) is 10.1 Å². The molecule has 1 aliphatic heterocycles. The lowest BCUT2D eigenvalue weighted by Gasteiger charge is -2.41. The molecule has 1 heterocycles. The van der Waals surface area contributed by atoms with E-state index in [1.807, 2.05) is 26.8 Å². The quantitative estimate of drug-likeness (QED) is 0.758. The lowest BCUT2D eigenvalue weighted by atomic mass is 9.88. The molecule has 108 valence electrons. The van der Waals surface area contributed by atoms with Crippen LogP contribution in [-0.2, 0) is 4.79 Å². The van der Waals surface area contributed by atoms with Gasteiger partial charge in [-0.05, 0) is 51.0 Å². The molecule has 0 radical (unpaired) electrons. The van der Waals surface area contributed by atoms with Gasteiger partial charge in [0.15, 0.2) is 0 Å². The van der Waals surface area contributed by atoms with Gasteiger partial charge in [0.1, 0.15) is 5.82 Å². The van der Waals surface area contributed by atoms with Crippen LogP contribution >= 0.6 is 11.6 Å². The average Bonchev–Trinajstić information content (AvgIpc) is 2.36. The van der Waals surface area contributed by atoms with E-state index < -0.39 is 5.54 Å². The van der Waals surface area contributed by atoms with Crippen LogP contribution in [0.5, 0.6) is 0 Å². The Balaban J connectivity index is 2.48. The number of halogens is 2. The van der Waals surface area contributed by atoms with E-state index >= 15 is 0 Å². The molecule has 0 N–H and O–H groups in total. The maximum atomic E-state index is 13.4. The molecule has 0 aromatic heterocycles. The number of hydrogen-bond donors (Lipinski definition) is 0. The molecule has 0 unspecified atom stereocenters. The Morgan fingerprint density at radius 3 is 2.75 bits per heavy atom. The predicted octanol–water partition coefficient (Wildman–Crippen LogP) is 4.37. The molecule has 0 saturated heterocycles. The van der Waals surface area contributed by atoms with Gasteiger partial charge in [0, 0.05) is 17.9 Å². The molecule has 0 fully saturated rings. The third-order valence-corrected chi connectivity index (χ3v) is 3.81. The number of fused-ring (bicyclic) bond motifs is 1. The van der Waals surface area contributed by atoms with Gasteiger partial charge in [-0.2, -0.15) is 0 Å². The lowest BCUT2D eigenvalue weighted by molar-refractivity contribution is -0.119. The SMILES string of the molecule is CC1=CC(C)(C)N(C(=O)CCCCl)c2ccc(F)cc21. The number of benzene rings is 1. The Hall–Kier alpha value is -1.35. The molecule has 2 nitrogen and oxygen atoms in total. The fourth-order valence-electron chi connectivity index (χ4n) is 2.79. The number of allylic oxidation sites excluding steroid dienone is 1. The van der Waals surface area contributed by atoms with Gasteiger partial charge in [0.2, 0.25) is 5.91 Å². The maximum absolute atomic E-state index is 13.4. The zero-order valence-electron chi connectivity index (χ0n) is 12.0. The normalized spacial score (nSPS) is 16.6. The summed E-state index contributed by atoms with van der Waals surface area (Å²) in [5.41, 5.74) is 2.13. The molecule has 4 heteroatoms. The fraction of sp³-hybridized carbons (Fsp3) is 0.438. The van der Waals surface area contributed by atoms with Gasteiger partial charge in [0.25, 0.3) is 0 Å². The molecule has 0 atom stereocenters. The highest BCUT2D eigenvalue weighted by Crippen LogP contribution is 2.39. The summed E-state index contributed by atoms with van der Waals surface area (Å²) < 4.78 is 13.4. The largest absolute Gasteiger partial charge is 0.303 e. The first kappa shape index (κ1) is 15.0. The summed E-state index contributed by atoms with van der Waals surface area (Å²) >= 11 is 5.67. The second kappa shape index (κ2) is 5.57. The van der Waals surface area contributed by atoms with Crippen LogP contribution in [-0.4, -0.2) is 17.3 Å². The summed E-state index contributed by atoms with van der Waals surface area (Å²) in [6.45, 7) is 5.92. The minimum atomic E-state index is -0.418. The Morgan fingerprint density at radius 1 is 1.40 bits per heavy atom. The monoisotopic (exact) mass is 295 g/mol. The van der Waals surface area contributed by atoms with Crippen molar-refractivity contribution in [1.82, 2.24) is 0 Å². The molecule has 0 saturated carbocycles. The standard InChI is InChI=1S/C16H19ClFNO/c1-11-10-16(2,3)19(15(20)5-4-8-17)14-7-6-12(18)9-13(11)14/h6-7,9-10H,4-5,8H2,1-3H3. The Morgan fingerprint density at radius 2 is 2.10 bits per heavy atom. The summed E-state index contributed by atoms with van der Waals surface area (Å²) in [6.07, 6.45) is 3.05. The Kier molecular flexibility index (Phi) is 4.19. The molecule has 0 bridgehead atoms. The Bertz CT molecular complexity index is 566.